The maximum atomic E-state index is 11.9. The molecule has 4 N–H and O–H groups in total. The second-order valence-corrected chi connectivity index (χ2v) is 5.25. The number of nitrogens with two attached hydrogens (primary N) is 1. The Morgan fingerprint density at radius 2 is 2.17 bits per heavy atom. The van der Waals surface area contributed by atoms with Crippen molar-refractivity contribution in [3.05, 3.63) is 0 Å². The fraction of sp³-hybridized carbons (Fsp3) is 0.846. The van der Waals surface area contributed by atoms with Crippen LogP contribution in [0.4, 0.5) is 0 Å². The van der Waals surface area contributed by atoms with Gasteiger partial charge in [-0.15, -0.1) is 0 Å². The summed E-state index contributed by atoms with van der Waals surface area (Å²) in [4.78, 5) is 11.9. The van der Waals surface area contributed by atoms with Crippen molar-refractivity contribution in [2.75, 3.05) is 6.54 Å². The summed E-state index contributed by atoms with van der Waals surface area (Å²) in [5.74, 6) is 0.571. The lowest BCUT2D eigenvalue weighted by molar-refractivity contribution is -0.123. The van der Waals surface area contributed by atoms with E-state index in [9.17, 15) is 4.79 Å². The van der Waals surface area contributed by atoms with E-state index in [0.717, 1.165) is 0 Å². The number of nitrogens with zero attached hydrogens (tertiary/aromatic N) is 1. The van der Waals surface area contributed by atoms with Crippen LogP contribution >= 0.6 is 0 Å². The second-order valence-electron chi connectivity index (χ2n) is 5.25. The molecule has 1 amide bonds. The maximum Gasteiger partial charge on any atom is 0.230 e. The number of hydrogen-bond acceptors (Lipinski definition) is 3. The standard InChI is InChI=1S/C13H25N3O2/c1-3-11(12(14)16-18)13(17)15-8-10-7-5-4-6-9(10)2/h9-11,18H,3-8H2,1-2H3,(H2,14,16)(H,15,17). The van der Waals surface area contributed by atoms with Crippen LogP contribution in [0.15, 0.2) is 5.16 Å². The number of carbonyl (C=O) groups excluding carboxylic acids is 1. The molecule has 104 valence electrons. The molecule has 3 unspecified atom stereocenters. The monoisotopic (exact) mass is 255 g/mol. The van der Waals surface area contributed by atoms with E-state index in [1.54, 1.807) is 0 Å². The number of hydrogen-bond donors (Lipinski definition) is 3. The summed E-state index contributed by atoms with van der Waals surface area (Å²) in [5, 5.41) is 14.5. The Hall–Kier alpha value is -1.26. The number of rotatable bonds is 5. The molecule has 0 spiro atoms. The van der Waals surface area contributed by atoms with Crippen molar-refractivity contribution in [2.24, 2.45) is 28.6 Å². The maximum absolute atomic E-state index is 11.9. The Morgan fingerprint density at radius 1 is 1.50 bits per heavy atom. The summed E-state index contributed by atoms with van der Waals surface area (Å²) >= 11 is 0. The van der Waals surface area contributed by atoms with E-state index in [2.05, 4.69) is 17.4 Å². The van der Waals surface area contributed by atoms with E-state index in [4.69, 9.17) is 10.9 Å². The molecule has 1 aliphatic rings. The van der Waals surface area contributed by atoms with Crippen molar-refractivity contribution in [3.63, 3.8) is 0 Å². The van der Waals surface area contributed by atoms with Gasteiger partial charge in [0.15, 0.2) is 5.84 Å². The molecule has 5 heteroatoms. The largest absolute Gasteiger partial charge is 0.409 e. The van der Waals surface area contributed by atoms with Crippen LogP contribution in [0.25, 0.3) is 0 Å². The zero-order valence-corrected chi connectivity index (χ0v) is 11.4. The first-order valence-electron chi connectivity index (χ1n) is 6.85. The van der Waals surface area contributed by atoms with Crippen LogP contribution in [0, 0.1) is 17.8 Å². The van der Waals surface area contributed by atoms with Gasteiger partial charge in [0.1, 0.15) is 0 Å². The van der Waals surface area contributed by atoms with E-state index >= 15 is 0 Å². The van der Waals surface area contributed by atoms with Crippen LogP contribution in [0.1, 0.15) is 46.0 Å². The van der Waals surface area contributed by atoms with Gasteiger partial charge in [-0.3, -0.25) is 4.79 Å². The lowest BCUT2D eigenvalue weighted by Crippen LogP contribution is -2.41. The third-order valence-electron chi connectivity index (χ3n) is 4.02. The van der Waals surface area contributed by atoms with Crippen molar-refractivity contribution in [3.8, 4) is 0 Å². The molecule has 5 nitrogen and oxygen atoms in total. The first-order chi connectivity index (χ1) is 8.60. The molecule has 0 saturated heterocycles. The SMILES string of the molecule is CCC(C(=O)NCC1CCCCC1C)C(N)=NO. The van der Waals surface area contributed by atoms with Gasteiger partial charge in [0.25, 0.3) is 0 Å². The summed E-state index contributed by atoms with van der Waals surface area (Å²) in [6.45, 7) is 4.80. The molecule has 18 heavy (non-hydrogen) atoms. The molecular weight excluding hydrogens is 230 g/mol. The van der Waals surface area contributed by atoms with E-state index in [0.29, 0.717) is 24.8 Å². The minimum absolute atomic E-state index is 0.00769. The van der Waals surface area contributed by atoms with Crippen LogP contribution < -0.4 is 11.1 Å². The van der Waals surface area contributed by atoms with Crippen molar-refractivity contribution in [2.45, 2.75) is 46.0 Å². The number of amidine groups is 1. The summed E-state index contributed by atoms with van der Waals surface area (Å²) < 4.78 is 0. The Bertz CT molecular complexity index is 305. The number of oxime groups is 1. The fourth-order valence-electron chi connectivity index (χ4n) is 2.65. The lowest BCUT2D eigenvalue weighted by Gasteiger charge is -2.29. The average molecular weight is 255 g/mol. The van der Waals surface area contributed by atoms with Gasteiger partial charge < -0.3 is 16.3 Å². The van der Waals surface area contributed by atoms with E-state index in [1.807, 2.05) is 6.92 Å². The first-order valence-corrected chi connectivity index (χ1v) is 6.85. The van der Waals surface area contributed by atoms with Crippen LogP contribution in [0.3, 0.4) is 0 Å². The summed E-state index contributed by atoms with van der Waals surface area (Å²) in [6, 6.07) is 0. The van der Waals surface area contributed by atoms with Gasteiger partial charge in [0.05, 0.1) is 5.92 Å². The lowest BCUT2D eigenvalue weighted by atomic mass is 9.80. The third kappa shape index (κ3) is 3.89. The normalized spacial score (nSPS) is 26.7. The topological polar surface area (TPSA) is 87.7 Å². The molecular formula is C13H25N3O2. The number of nitrogens with one attached hydrogen (secondary N) is 1. The minimum Gasteiger partial charge on any atom is -0.409 e. The smallest absolute Gasteiger partial charge is 0.230 e. The molecule has 0 aromatic heterocycles. The molecule has 1 aliphatic carbocycles. The van der Waals surface area contributed by atoms with Gasteiger partial charge in [-0.1, -0.05) is 38.3 Å². The Kier molecular flexibility index (Phi) is 5.95. The zero-order chi connectivity index (χ0) is 13.5. The number of amides is 1. The third-order valence-corrected chi connectivity index (χ3v) is 4.02. The highest BCUT2D eigenvalue weighted by Crippen LogP contribution is 2.28. The Labute approximate surface area is 109 Å². The van der Waals surface area contributed by atoms with Gasteiger partial charge in [-0.05, 0) is 24.7 Å². The van der Waals surface area contributed by atoms with Gasteiger partial charge in [-0.2, -0.15) is 0 Å². The number of carbonyl (C=O) groups is 1. The molecule has 0 heterocycles. The average Bonchev–Trinajstić information content (AvgIpc) is 2.38. The van der Waals surface area contributed by atoms with Gasteiger partial charge >= 0.3 is 0 Å². The highest BCUT2D eigenvalue weighted by molar-refractivity contribution is 6.01. The van der Waals surface area contributed by atoms with Crippen molar-refractivity contribution < 1.29 is 10.0 Å². The summed E-state index contributed by atoms with van der Waals surface area (Å²) in [6.07, 6.45) is 5.53. The zero-order valence-electron chi connectivity index (χ0n) is 11.4. The molecule has 1 rings (SSSR count). The van der Waals surface area contributed by atoms with Crippen LogP contribution in [0.5, 0.6) is 0 Å². The Balaban J connectivity index is 2.44. The second kappa shape index (κ2) is 7.24. The predicted molar refractivity (Wildman–Crippen MR) is 71.3 cm³/mol. The highest BCUT2D eigenvalue weighted by atomic mass is 16.4. The van der Waals surface area contributed by atoms with Crippen LogP contribution in [-0.2, 0) is 4.79 Å². The Morgan fingerprint density at radius 3 is 2.72 bits per heavy atom. The van der Waals surface area contributed by atoms with Gasteiger partial charge in [-0.25, -0.2) is 0 Å². The molecule has 0 aromatic rings. The summed E-state index contributed by atoms with van der Waals surface area (Å²) in [7, 11) is 0. The molecule has 0 radical (unpaired) electrons. The fourth-order valence-corrected chi connectivity index (χ4v) is 2.65. The van der Waals surface area contributed by atoms with Crippen molar-refractivity contribution in [1.82, 2.24) is 5.32 Å². The molecule has 0 bridgehead atoms. The van der Waals surface area contributed by atoms with Gasteiger partial charge in [0.2, 0.25) is 5.91 Å². The van der Waals surface area contributed by atoms with E-state index < -0.39 is 5.92 Å². The van der Waals surface area contributed by atoms with Crippen LogP contribution in [0.2, 0.25) is 0 Å². The molecule has 0 aromatic carbocycles. The molecule has 1 saturated carbocycles. The summed E-state index contributed by atoms with van der Waals surface area (Å²) in [5.41, 5.74) is 5.50. The highest BCUT2D eigenvalue weighted by Gasteiger charge is 2.25. The van der Waals surface area contributed by atoms with Crippen LogP contribution in [-0.4, -0.2) is 23.5 Å². The van der Waals surface area contributed by atoms with Crippen molar-refractivity contribution >= 4 is 11.7 Å². The molecule has 0 aliphatic heterocycles. The quantitative estimate of drug-likeness (QED) is 0.302. The molecule has 3 atom stereocenters. The van der Waals surface area contributed by atoms with Gasteiger partial charge in [0, 0.05) is 6.54 Å². The van der Waals surface area contributed by atoms with Crippen molar-refractivity contribution in [1.29, 1.82) is 0 Å². The minimum atomic E-state index is -0.520. The molecule has 1 fully saturated rings. The predicted octanol–water partition coefficient (Wildman–Crippen LogP) is 1.70. The first kappa shape index (κ1) is 14.8. The van der Waals surface area contributed by atoms with E-state index in [-0.39, 0.29) is 11.7 Å². The van der Waals surface area contributed by atoms with E-state index in [1.165, 1.54) is 25.7 Å².